The van der Waals surface area contributed by atoms with Gasteiger partial charge in [-0.25, -0.2) is 0 Å². The summed E-state index contributed by atoms with van der Waals surface area (Å²) < 4.78 is 0.956. The summed E-state index contributed by atoms with van der Waals surface area (Å²) in [6.45, 7) is 2.28. The van der Waals surface area contributed by atoms with Gasteiger partial charge >= 0.3 is 0 Å². The van der Waals surface area contributed by atoms with Gasteiger partial charge in [-0.2, -0.15) is 0 Å². The number of hydrogen-bond acceptors (Lipinski definition) is 2. The number of aryl methyl sites for hydroxylation is 1. The zero-order valence-electron chi connectivity index (χ0n) is 11.5. The lowest BCUT2D eigenvalue weighted by molar-refractivity contribution is 0.147. The van der Waals surface area contributed by atoms with Crippen LogP contribution in [0.25, 0.3) is 0 Å². The number of hydrogen-bond donors (Lipinski definition) is 2. The molecule has 2 atom stereocenters. The topological polar surface area (TPSA) is 46.2 Å². The van der Waals surface area contributed by atoms with Gasteiger partial charge < -0.3 is 10.8 Å². The highest BCUT2D eigenvalue weighted by Crippen LogP contribution is 2.36. The highest BCUT2D eigenvalue weighted by molar-refractivity contribution is 9.10. The second-order valence-corrected chi connectivity index (χ2v) is 6.66. The van der Waals surface area contributed by atoms with Gasteiger partial charge in [0.25, 0.3) is 0 Å². The Morgan fingerprint density at radius 3 is 2.48 bits per heavy atom. The number of benzene rings is 2. The summed E-state index contributed by atoms with van der Waals surface area (Å²) in [7, 11) is 0. The third kappa shape index (κ3) is 3.79. The summed E-state index contributed by atoms with van der Waals surface area (Å²) in [5.41, 5.74) is 8.56. The van der Waals surface area contributed by atoms with Crippen LogP contribution in [0, 0.1) is 6.92 Å². The average molecular weight is 389 g/mol. The molecule has 2 rings (SSSR count). The molecule has 0 aliphatic carbocycles. The second-order valence-electron chi connectivity index (χ2n) is 4.96. The summed E-state index contributed by atoms with van der Waals surface area (Å²) in [6.07, 6.45) is -0.731. The van der Waals surface area contributed by atoms with Crippen LogP contribution in [0.4, 0.5) is 0 Å². The molecule has 21 heavy (non-hydrogen) atoms. The lowest BCUT2D eigenvalue weighted by Crippen LogP contribution is -2.20. The minimum atomic E-state index is -0.731. The molecule has 0 bridgehead atoms. The van der Waals surface area contributed by atoms with Crippen LogP contribution in [0.5, 0.6) is 0 Å². The lowest BCUT2D eigenvalue weighted by Gasteiger charge is -2.24. The summed E-state index contributed by atoms with van der Waals surface area (Å²) in [6, 6.07) is 11.0. The molecule has 0 saturated carbocycles. The molecule has 2 nitrogen and oxygen atoms in total. The smallest absolute Gasteiger partial charge is 0.0871 e. The number of aliphatic hydroxyl groups is 1. The molecular weight excluding hydrogens is 373 g/mol. The van der Waals surface area contributed by atoms with Crippen molar-refractivity contribution in [2.24, 2.45) is 5.73 Å². The van der Waals surface area contributed by atoms with Crippen LogP contribution in [-0.2, 0) is 0 Å². The van der Waals surface area contributed by atoms with Gasteiger partial charge in [-0.1, -0.05) is 57.3 Å². The fraction of sp³-hybridized carbons (Fsp3) is 0.250. The molecule has 0 fully saturated rings. The van der Waals surface area contributed by atoms with E-state index in [1.807, 2.05) is 31.2 Å². The number of aliphatic hydroxyl groups excluding tert-OH is 1. The van der Waals surface area contributed by atoms with E-state index >= 15 is 0 Å². The van der Waals surface area contributed by atoms with Crippen molar-refractivity contribution < 1.29 is 5.11 Å². The number of nitrogens with two attached hydrogens (primary N) is 1. The molecule has 0 saturated heterocycles. The Labute approximate surface area is 143 Å². The van der Waals surface area contributed by atoms with Gasteiger partial charge in [0, 0.05) is 27.0 Å². The van der Waals surface area contributed by atoms with Gasteiger partial charge in [0.05, 0.1) is 6.10 Å². The van der Waals surface area contributed by atoms with Crippen LogP contribution in [-0.4, -0.2) is 11.7 Å². The van der Waals surface area contributed by atoms with Gasteiger partial charge in [-0.05, 0) is 41.8 Å². The molecule has 0 radical (unpaired) electrons. The first kappa shape index (κ1) is 16.8. The lowest BCUT2D eigenvalue weighted by atomic mass is 9.89. The molecule has 0 aliphatic heterocycles. The van der Waals surface area contributed by atoms with E-state index in [0.29, 0.717) is 10.0 Å². The summed E-state index contributed by atoms with van der Waals surface area (Å²) in [4.78, 5) is 0. The fourth-order valence-corrected chi connectivity index (χ4v) is 3.20. The second kappa shape index (κ2) is 7.12. The summed E-state index contributed by atoms with van der Waals surface area (Å²) in [5, 5.41) is 11.7. The van der Waals surface area contributed by atoms with Crippen molar-refractivity contribution in [1.82, 2.24) is 0 Å². The molecule has 2 aromatic rings. The third-order valence-electron chi connectivity index (χ3n) is 3.53. The maximum Gasteiger partial charge on any atom is 0.0871 e. The Kier molecular flexibility index (Phi) is 5.69. The monoisotopic (exact) mass is 387 g/mol. The Balaban J connectivity index is 2.37. The molecule has 3 N–H and O–H groups in total. The zero-order chi connectivity index (χ0) is 15.6. The Hall–Kier alpha value is -0.580. The van der Waals surface area contributed by atoms with Crippen LogP contribution in [0.15, 0.2) is 40.9 Å². The third-order valence-corrected chi connectivity index (χ3v) is 4.95. The standard InChI is InChI=1S/C16H16BrCl2NO/c1-9-2-3-10(6-14(9)17)16(21)13(8-20)12-5-4-11(18)7-15(12)19/h2-7,13,16,21H,8,20H2,1H3. The molecule has 112 valence electrons. The van der Waals surface area contributed by atoms with E-state index in [1.54, 1.807) is 12.1 Å². The number of rotatable bonds is 4. The molecule has 0 amide bonds. The van der Waals surface area contributed by atoms with E-state index in [0.717, 1.165) is 21.2 Å². The molecule has 0 aromatic heterocycles. The summed E-state index contributed by atoms with van der Waals surface area (Å²) >= 11 is 15.6. The first-order chi connectivity index (χ1) is 9.93. The predicted octanol–water partition coefficient (Wildman–Crippen LogP) is 4.84. The SMILES string of the molecule is Cc1ccc(C(O)C(CN)c2ccc(Cl)cc2Cl)cc1Br. The highest BCUT2D eigenvalue weighted by atomic mass is 79.9. The van der Waals surface area contributed by atoms with Gasteiger partial charge in [0.15, 0.2) is 0 Å². The van der Waals surface area contributed by atoms with Gasteiger partial charge in [-0.3, -0.25) is 0 Å². The van der Waals surface area contributed by atoms with Crippen LogP contribution >= 0.6 is 39.1 Å². The zero-order valence-corrected chi connectivity index (χ0v) is 14.6. The molecular formula is C16H16BrCl2NO. The van der Waals surface area contributed by atoms with Crippen molar-refractivity contribution in [3.05, 3.63) is 67.6 Å². The van der Waals surface area contributed by atoms with Crippen molar-refractivity contribution in [3.63, 3.8) is 0 Å². The van der Waals surface area contributed by atoms with Crippen molar-refractivity contribution in [3.8, 4) is 0 Å². The number of halogens is 3. The Morgan fingerprint density at radius 1 is 1.19 bits per heavy atom. The molecule has 0 aliphatic rings. The van der Waals surface area contributed by atoms with E-state index in [1.165, 1.54) is 0 Å². The van der Waals surface area contributed by atoms with Crippen molar-refractivity contribution in [2.75, 3.05) is 6.54 Å². The van der Waals surface area contributed by atoms with Gasteiger partial charge in [0.1, 0.15) is 0 Å². The van der Waals surface area contributed by atoms with Crippen LogP contribution in [0.2, 0.25) is 10.0 Å². The van der Waals surface area contributed by atoms with Crippen LogP contribution in [0.1, 0.15) is 28.7 Å². The molecule has 5 heteroatoms. The summed E-state index contributed by atoms with van der Waals surface area (Å²) in [5.74, 6) is -0.288. The van der Waals surface area contributed by atoms with Crippen molar-refractivity contribution >= 4 is 39.1 Å². The predicted molar refractivity (Wildman–Crippen MR) is 92.1 cm³/mol. The maximum absolute atomic E-state index is 10.7. The Bertz CT molecular complexity index is 648. The van der Waals surface area contributed by atoms with E-state index in [2.05, 4.69) is 15.9 Å². The maximum atomic E-state index is 10.7. The Morgan fingerprint density at radius 2 is 1.90 bits per heavy atom. The van der Waals surface area contributed by atoms with Crippen molar-refractivity contribution in [1.29, 1.82) is 0 Å². The van der Waals surface area contributed by atoms with E-state index < -0.39 is 6.10 Å². The first-order valence-corrected chi connectivity index (χ1v) is 8.08. The first-order valence-electron chi connectivity index (χ1n) is 6.53. The van der Waals surface area contributed by atoms with Gasteiger partial charge in [0.2, 0.25) is 0 Å². The highest BCUT2D eigenvalue weighted by Gasteiger charge is 2.24. The van der Waals surface area contributed by atoms with E-state index in [4.69, 9.17) is 28.9 Å². The van der Waals surface area contributed by atoms with Gasteiger partial charge in [-0.15, -0.1) is 0 Å². The minimum Gasteiger partial charge on any atom is -0.388 e. The quantitative estimate of drug-likeness (QED) is 0.786. The molecule has 0 spiro atoms. The molecule has 2 aromatic carbocycles. The molecule has 2 unspecified atom stereocenters. The normalized spacial score (nSPS) is 14.0. The fourth-order valence-electron chi connectivity index (χ4n) is 2.25. The van der Waals surface area contributed by atoms with E-state index in [9.17, 15) is 5.11 Å². The average Bonchev–Trinajstić information content (AvgIpc) is 2.44. The van der Waals surface area contributed by atoms with Crippen LogP contribution in [0.3, 0.4) is 0 Å². The minimum absolute atomic E-state index is 0.286. The van der Waals surface area contributed by atoms with Crippen LogP contribution < -0.4 is 5.73 Å². The molecule has 0 heterocycles. The van der Waals surface area contributed by atoms with Crippen molar-refractivity contribution in [2.45, 2.75) is 18.9 Å². The largest absolute Gasteiger partial charge is 0.388 e. The van der Waals surface area contributed by atoms with E-state index in [-0.39, 0.29) is 12.5 Å².